The van der Waals surface area contributed by atoms with E-state index in [2.05, 4.69) is 15.3 Å². The highest BCUT2D eigenvalue weighted by molar-refractivity contribution is 4.88. The maximum absolute atomic E-state index is 12.6. The van der Waals surface area contributed by atoms with E-state index in [0.29, 0.717) is 13.0 Å². The minimum atomic E-state index is -4.04. The summed E-state index contributed by atoms with van der Waals surface area (Å²) in [6.07, 6.45) is 2.08. The topological polar surface area (TPSA) is 40.7 Å². The summed E-state index contributed by atoms with van der Waals surface area (Å²) in [7, 11) is 0. The molecule has 0 aliphatic heterocycles. The van der Waals surface area contributed by atoms with Gasteiger partial charge in [0.2, 0.25) is 0 Å². The molecule has 1 aliphatic carbocycles. The van der Waals surface area contributed by atoms with Gasteiger partial charge in [-0.3, -0.25) is 0 Å². The van der Waals surface area contributed by atoms with E-state index in [-0.39, 0.29) is 18.9 Å². The lowest BCUT2D eigenvalue weighted by Gasteiger charge is -2.31. The van der Waals surface area contributed by atoms with Crippen LogP contribution in [0, 0.1) is 5.92 Å². The van der Waals surface area contributed by atoms with E-state index in [1.165, 1.54) is 0 Å². The first-order valence-electron chi connectivity index (χ1n) is 6.34. The smallest absolute Gasteiger partial charge is 0.349 e. The zero-order chi connectivity index (χ0) is 13.0. The normalized spacial score (nSPS) is 25.3. The molecule has 1 heterocycles. The van der Waals surface area contributed by atoms with E-state index in [0.717, 1.165) is 18.7 Å². The van der Waals surface area contributed by atoms with Gasteiger partial charge in [-0.05, 0) is 19.3 Å². The maximum atomic E-state index is 12.6. The van der Waals surface area contributed by atoms with E-state index < -0.39 is 12.1 Å². The van der Waals surface area contributed by atoms with Gasteiger partial charge in [0, 0.05) is 31.4 Å². The van der Waals surface area contributed by atoms with Gasteiger partial charge >= 0.3 is 6.18 Å². The third-order valence-electron chi connectivity index (χ3n) is 3.49. The first-order chi connectivity index (χ1) is 8.55. The van der Waals surface area contributed by atoms with Gasteiger partial charge in [-0.2, -0.15) is 13.2 Å². The fourth-order valence-electron chi connectivity index (χ4n) is 2.50. The first-order valence-corrected chi connectivity index (χ1v) is 6.34. The van der Waals surface area contributed by atoms with Crippen LogP contribution in [-0.2, 0) is 6.42 Å². The monoisotopic (exact) mass is 261 g/mol. The highest BCUT2D eigenvalue weighted by Gasteiger charge is 2.41. The van der Waals surface area contributed by atoms with Gasteiger partial charge < -0.3 is 10.3 Å². The van der Waals surface area contributed by atoms with Gasteiger partial charge in [0.05, 0.1) is 5.92 Å². The van der Waals surface area contributed by atoms with Crippen LogP contribution in [0.15, 0.2) is 12.4 Å². The molecule has 0 aromatic carbocycles. The molecule has 0 bridgehead atoms. The molecule has 2 atom stereocenters. The molecule has 1 aromatic heterocycles. The Kier molecular flexibility index (Phi) is 4.27. The second-order valence-electron chi connectivity index (χ2n) is 4.84. The number of hydrogen-bond donors (Lipinski definition) is 2. The predicted molar refractivity (Wildman–Crippen MR) is 62.1 cm³/mol. The van der Waals surface area contributed by atoms with E-state index in [1.54, 1.807) is 12.4 Å². The standard InChI is InChI=1S/C12H18F3N3/c13-12(14,15)9-2-1-3-10(8-9)16-5-4-11-17-6-7-18-11/h6-7,9-10,16H,1-5,8H2,(H,17,18). The van der Waals surface area contributed by atoms with Crippen LogP contribution < -0.4 is 5.32 Å². The minimum absolute atomic E-state index is 0.0136. The molecule has 1 saturated carbocycles. The Morgan fingerprint density at radius 1 is 1.39 bits per heavy atom. The average Bonchev–Trinajstić information content (AvgIpc) is 2.81. The number of aromatic amines is 1. The summed E-state index contributed by atoms with van der Waals surface area (Å²) in [6, 6.07) is -0.0136. The second-order valence-corrected chi connectivity index (χ2v) is 4.84. The quantitative estimate of drug-likeness (QED) is 0.874. The van der Waals surface area contributed by atoms with Crippen molar-refractivity contribution in [3.8, 4) is 0 Å². The minimum Gasteiger partial charge on any atom is -0.349 e. The van der Waals surface area contributed by atoms with Crippen molar-refractivity contribution >= 4 is 0 Å². The summed E-state index contributed by atoms with van der Waals surface area (Å²) in [4.78, 5) is 7.05. The van der Waals surface area contributed by atoms with E-state index >= 15 is 0 Å². The maximum Gasteiger partial charge on any atom is 0.391 e. The van der Waals surface area contributed by atoms with Crippen LogP contribution in [0.2, 0.25) is 0 Å². The van der Waals surface area contributed by atoms with Crippen LogP contribution in [0.1, 0.15) is 31.5 Å². The molecular weight excluding hydrogens is 243 g/mol. The Hall–Kier alpha value is -1.04. The van der Waals surface area contributed by atoms with Crippen LogP contribution in [0.5, 0.6) is 0 Å². The van der Waals surface area contributed by atoms with Gasteiger partial charge in [-0.1, -0.05) is 6.42 Å². The number of rotatable bonds is 4. The van der Waals surface area contributed by atoms with Gasteiger partial charge in [0.25, 0.3) is 0 Å². The molecule has 6 heteroatoms. The zero-order valence-corrected chi connectivity index (χ0v) is 10.1. The number of nitrogens with one attached hydrogen (secondary N) is 2. The van der Waals surface area contributed by atoms with Crippen molar-refractivity contribution in [3.63, 3.8) is 0 Å². The fraction of sp³-hybridized carbons (Fsp3) is 0.750. The molecule has 2 rings (SSSR count). The third-order valence-corrected chi connectivity index (χ3v) is 3.49. The van der Waals surface area contributed by atoms with E-state index in [1.807, 2.05) is 0 Å². The van der Waals surface area contributed by atoms with Crippen LogP contribution in [0.3, 0.4) is 0 Å². The SMILES string of the molecule is FC(F)(F)C1CCCC(NCCc2ncc[nH]2)C1. The molecule has 3 nitrogen and oxygen atoms in total. The number of aromatic nitrogens is 2. The van der Waals surface area contributed by atoms with E-state index in [9.17, 15) is 13.2 Å². The summed E-state index contributed by atoms with van der Waals surface area (Å²) in [5.41, 5.74) is 0. The average molecular weight is 261 g/mol. The van der Waals surface area contributed by atoms with Crippen molar-refractivity contribution in [1.82, 2.24) is 15.3 Å². The number of halogens is 3. The highest BCUT2D eigenvalue weighted by atomic mass is 19.4. The molecule has 0 amide bonds. The summed E-state index contributed by atoms with van der Waals surface area (Å²) in [5.74, 6) is -0.266. The Morgan fingerprint density at radius 2 is 2.22 bits per heavy atom. The van der Waals surface area contributed by atoms with E-state index in [4.69, 9.17) is 0 Å². The number of nitrogens with zero attached hydrogens (tertiary/aromatic N) is 1. The molecular formula is C12H18F3N3. The lowest BCUT2D eigenvalue weighted by atomic mass is 9.85. The highest BCUT2D eigenvalue weighted by Crippen LogP contribution is 2.37. The molecule has 18 heavy (non-hydrogen) atoms. The summed E-state index contributed by atoms with van der Waals surface area (Å²) in [5, 5.41) is 3.20. The number of hydrogen-bond acceptors (Lipinski definition) is 2. The Bertz CT molecular complexity index is 348. The van der Waals surface area contributed by atoms with Gasteiger partial charge in [0.1, 0.15) is 5.82 Å². The number of H-pyrrole nitrogens is 1. The Labute approximate surface area is 104 Å². The van der Waals surface area contributed by atoms with Crippen molar-refractivity contribution in [2.24, 2.45) is 5.92 Å². The Balaban J connectivity index is 1.73. The van der Waals surface area contributed by atoms with Gasteiger partial charge in [-0.15, -0.1) is 0 Å². The first kappa shape index (κ1) is 13.4. The van der Waals surface area contributed by atoms with Crippen molar-refractivity contribution in [2.75, 3.05) is 6.54 Å². The summed E-state index contributed by atoms with van der Waals surface area (Å²) in [6.45, 7) is 0.669. The fourth-order valence-corrected chi connectivity index (χ4v) is 2.50. The van der Waals surface area contributed by atoms with Crippen molar-refractivity contribution < 1.29 is 13.2 Å². The second kappa shape index (κ2) is 5.73. The van der Waals surface area contributed by atoms with Crippen molar-refractivity contribution in [2.45, 2.75) is 44.3 Å². The molecule has 1 fully saturated rings. The zero-order valence-electron chi connectivity index (χ0n) is 10.1. The molecule has 102 valence electrons. The molecule has 0 spiro atoms. The Morgan fingerprint density at radius 3 is 2.89 bits per heavy atom. The number of imidazole rings is 1. The molecule has 1 aliphatic rings. The lowest BCUT2D eigenvalue weighted by molar-refractivity contribution is -0.183. The van der Waals surface area contributed by atoms with Gasteiger partial charge in [0.15, 0.2) is 0 Å². The molecule has 1 aromatic rings. The summed E-state index contributed by atoms with van der Waals surface area (Å²) >= 11 is 0. The molecule has 0 radical (unpaired) electrons. The van der Waals surface area contributed by atoms with Crippen molar-refractivity contribution in [1.29, 1.82) is 0 Å². The largest absolute Gasteiger partial charge is 0.391 e. The van der Waals surface area contributed by atoms with Crippen LogP contribution in [-0.4, -0.2) is 28.7 Å². The van der Waals surface area contributed by atoms with Crippen LogP contribution in [0.4, 0.5) is 13.2 Å². The van der Waals surface area contributed by atoms with Gasteiger partial charge in [-0.25, -0.2) is 4.98 Å². The lowest BCUT2D eigenvalue weighted by Crippen LogP contribution is -2.39. The third kappa shape index (κ3) is 3.73. The van der Waals surface area contributed by atoms with Crippen LogP contribution >= 0.6 is 0 Å². The predicted octanol–water partition coefficient (Wildman–Crippen LogP) is 2.66. The summed E-state index contributed by atoms with van der Waals surface area (Å²) < 4.78 is 37.9. The number of alkyl halides is 3. The van der Waals surface area contributed by atoms with Crippen molar-refractivity contribution in [3.05, 3.63) is 18.2 Å². The molecule has 0 saturated heterocycles. The van der Waals surface area contributed by atoms with Crippen LogP contribution in [0.25, 0.3) is 0 Å². The molecule has 2 unspecified atom stereocenters. The molecule has 2 N–H and O–H groups in total.